The Morgan fingerprint density at radius 2 is 1.39 bits per heavy atom. The van der Waals surface area contributed by atoms with E-state index in [-0.39, 0.29) is 0 Å². The zero-order valence-corrected chi connectivity index (χ0v) is 13.1. The lowest BCUT2D eigenvalue weighted by Crippen LogP contribution is -2.15. The van der Waals surface area contributed by atoms with Gasteiger partial charge < -0.3 is 4.74 Å². The van der Waals surface area contributed by atoms with Crippen LogP contribution in [0.1, 0.15) is 85.0 Å². The van der Waals surface area contributed by atoms with E-state index in [4.69, 9.17) is 4.74 Å². The van der Waals surface area contributed by atoms with E-state index in [1.165, 1.54) is 64.2 Å². The Bertz CT molecular complexity index is 192. The highest BCUT2D eigenvalue weighted by Gasteiger charge is 2.22. The molecule has 1 nitrogen and oxygen atoms in total. The molecule has 0 aromatic rings. The maximum Gasteiger partial charge on any atom is 0.0790 e. The molecule has 0 radical (unpaired) electrons. The summed E-state index contributed by atoms with van der Waals surface area (Å²) in [6.45, 7) is 6.87. The van der Waals surface area contributed by atoms with Crippen molar-refractivity contribution in [1.82, 2.24) is 0 Å². The summed E-state index contributed by atoms with van der Waals surface area (Å²) >= 11 is 0. The minimum Gasteiger partial charge on any atom is -0.505 e. The molecule has 0 atom stereocenters. The van der Waals surface area contributed by atoms with Crippen molar-refractivity contribution < 1.29 is 4.74 Å². The van der Waals surface area contributed by atoms with Gasteiger partial charge >= 0.3 is 0 Å². The van der Waals surface area contributed by atoms with Gasteiger partial charge in [0, 0.05) is 0 Å². The molecule has 0 bridgehead atoms. The molecule has 0 unspecified atom stereocenters. The Balaban J connectivity index is 3.80. The fraction of sp³-hybridized carbons (Fsp3) is 0.882. The molecule has 0 saturated carbocycles. The van der Waals surface area contributed by atoms with Gasteiger partial charge in [-0.25, -0.2) is 0 Å². The van der Waals surface area contributed by atoms with E-state index in [1.54, 1.807) is 7.11 Å². The molecule has 0 N–H and O–H groups in total. The van der Waals surface area contributed by atoms with Crippen molar-refractivity contribution in [2.75, 3.05) is 7.11 Å². The SMILES string of the molecule is CCCCCCCCCC(C=COC)(CC)CC. The normalized spacial score (nSPS) is 12.2. The smallest absolute Gasteiger partial charge is 0.0790 e. The van der Waals surface area contributed by atoms with Crippen molar-refractivity contribution >= 4 is 0 Å². The number of allylic oxidation sites excluding steroid dienone is 1. The van der Waals surface area contributed by atoms with Crippen LogP contribution in [0, 0.1) is 5.41 Å². The van der Waals surface area contributed by atoms with Crippen LogP contribution in [-0.4, -0.2) is 7.11 Å². The Labute approximate surface area is 115 Å². The van der Waals surface area contributed by atoms with Crippen LogP contribution in [0.15, 0.2) is 12.3 Å². The summed E-state index contributed by atoms with van der Waals surface area (Å²) in [6.07, 6.45) is 17.7. The second kappa shape index (κ2) is 11.6. The molecule has 0 rings (SSSR count). The van der Waals surface area contributed by atoms with Gasteiger partial charge in [-0.15, -0.1) is 0 Å². The van der Waals surface area contributed by atoms with Crippen LogP contribution in [0.5, 0.6) is 0 Å². The highest BCUT2D eigenvalue weighted by molar-refractivity contribution is 4.95. The third-order valence-electron chi connectivity index (χ3n) is 4.24. The van der Waals surface area contributed by atoms with Crippen molar-refractivity contribution in [2.45, 2.75) is 85.0 Å². The van der Waals surface area contributed by atoms with Gasteiger partial charge in [0.2, 0.25) is 0 Å². The third-order valence-corrected chi connectivity index (χ3v) is 4.24. The summed E-state index contributed by atoms with van der Waals surface area (Å²) in [5.74, 6) is 0. The predicted octanol–water partition coefficient (Wildman–Crippen LogP) is 6.09. The lowest BCUT2D eigenvalue weighted by molar-refractivity contribution is 0.283. The molecule has 1 heteroatoms. The molecule has 0 aromatic carbocycles. The zero-order chi connectivity index (χ0) is 13.7. The molecule has 0 aromatic heterocycles. The first-order valence-electron chi connectivity index (χ1n) is 7.95. The highest BCUT2D eigenvalue weighted by Crippen LogP contribution is 2.34. The lowest BCUT2D eigenvalue weighted by atomic mass is 9.78. The molecule has 0 saturated heterocycles. The minimum absolute atomic E-state index is 0.374. The van der Waals surface area contributed by atoms with Crippen molar-refractivity contribution in [1.29, 1.82) is 0 Å². The monoisotopic (exact) mass is 254 g/mol. The first-order valence-corrected chi connectivity index (χ1v) is 7.95. The van der Waals surface area contributed by atoms with E-state index < -0.39 is 0 Å². The third kappa shape index (κ3) is 7.79. The van der Waals surface area contributed by atoms with Gasteiger partial charge in [0.15, 0.2) is 0 Å². The summed E-state index contributed by atoms with van der Waals surface area (Å²) in [7, 11) is 1.74. The number of rotatable bonds is 12. The van der Waals surface area contributed by atoms with Crippen molar-refractivity contribution in [3.63, 3.8) is 0 Å². The zero-order valence-electron chi connectivity index (χ0n) is 13.1. The second-order valence-corrected chi connectivity index (χ2v) is 5.48. The second-order valence-electron chi connectivity index (χ2n) is 5.48. The quantitative estimate of drug-likeness (QED) is 0.302. The Morgan fingerprint density at radius 1 is 0.833 bits per heavy atom. The lowest BCUT2D eigenvalue weighted by Gasteiger charge is -2.28. The largest absolute Gasteiger partial charge is 0.505 e. The number of ether oxygens (including phenoxy) is 1. The summed E-state index contributed by atoms with van der Waals surface area (Å²) in [5, 5.41) is 0. The number of hydrogen-bond acceptors (Lipinski definition) is 1. The topological polar surface area (TPSA) is 9.23 Å². The first-order chi connectivity index (χ1) is 8.74. The molecule has 0 heterocycles. The predicted molar refractivity (Wildman–Crippen MR) is 81.8 cm³/mol. The molecule has 0 aliphatic carbocycles. The van der Waals surface area contributed by atoms with Crippen LogP contribution in [0.2, 0.25) is 0 Å². The number of hydrogen-bond donors (Lipinski definition) is 0. The van der Waals surface area contributed by atoms with E-state index in [1.807, 2.05) is 6.26 Å². The van der Waals surface area contributed by atoms with E-state index in [2.05, 4.69) is 26.8 Å². The summed E-state index contributed by atoms with van der Waals surface area (Å²) in [4.78, 5) is 0. The average Bonchev–Trinajstić information content (AvgIpc) is 2.42. The minimum atomic E-state index is 0.374. The molecule has 0 spiro atoms. The standard InChI is InChI=1S/C17H34O/c1-5-8-9-10-11-12-13-14-17(6-2,7-3)15-16-18-4/h15-16H,5-14H2,1-4H3. The highest BCUT2D eigenvalue weighted by atomic mass is 16.5. The molecular weight excluding hydrogens is 220 g/mol. The van der Waals surface area contributed by atoms with Gasteiger partial charge in [-0.05, 0) is 30.8 Å². The van der Waals surface area contributed by atoms with Crippen LogP contribution < -0.4 is 0 Å². The fourth-order valence-electron chi connectivity index (χ4n) is 2.57. The van der Waals surface area contributed by atoms with Gasteiger partial charge in [-0.1, -0.05) is 65.7 Å². The Hall–Kier alpha value is -0.460. The fourth-order valence-corrected chi connectivity index (χ4v) is 2.57. The molecule has 0 fully saturated rings. The molecule has 0 aliphatic heterocycles. The van der Waals surface area contributed by atoms with E-state index in [9.17, 15) is 0 Å². The molecule has 0 aliphatic rings. The summed E-state index contributed by atoms with van der Waals surface area (Å²) in [5.41, 5.74) is 0.374. The first kappa shape index (κ1) is 17.5. The van der Waals surface area contributed by atoms with Gasteiger partial charge in [0.25, 0.3) is 0 Å². The van der Waals surface area contributed by atoms with Crippen LogP contribution in [0.25, 0.3) is 0 Å². The van der Waals surface area contributed by atoms with Gasteiger partial charge in [-0.2, -0.15) is 0 Å². The van der Waals surface area contributed by atoms with Crippen LogP contribution >= 0.6 is 0 Å². The molecule has 18 heavy (non-hydrogen) atoms. The van der Waals surface area contributed by atoms with Gasteiger partial charge in [0.1, 0.15) is 0 Å². The Kier molecular flexibility index (Phi) is 11.3. The number of unbranched alkanes of at least 4 members (excludes halogenated alkanes) is 6. The maximum absolute atomic E-state index is 5.09. The summed E-state index contributed by atoms with van der Waals surface area (Å²) in [6, 6.07) is 0. The molecule has 0 amide bonds. The van der Waals surface area contributed by atoms with Crippen molar-refractivity contribution in [3.05, 3.63) is 12.3 Å². The molecular formula is C17H34O. The maximum atomic E-state index is 5.09. The van der Waals surface area contributed by atoms with E-state index in [0.717, 1.165) is 0 Å². The van der Waals surface area contributed by atoms with E-state index in [0.29, 0.717) is 5.41 Å². The average molecular weight is 254 g/mol. The van der Waals surface area contributed by atoms with E-state index >= 15 is 0 Å². The van der Waals surface area contributed by atoms with Crippen molar-refractivity contribution in [2.24, 2.45) is 5.41 Å². The summed E-state index contributed by atoms with van der Waals surface area (Å²) < 4.78 is 5.09. The Morgan fingerprint density at radius 3 is 1.89 bits per heavy atom. The van der Waals surface area contributed by atoms with Crippen LogP contribution in [0.4, 0.5) is 0 Å². The van der Waals surface area contributed by atoms with Crippen LogP contribution in [-0.2, 0) is 4.74 Å². The van der Waals surface area contributed by atoms with Crippen LogP contribution in [0.3, 0.4) is 0 Å². The van der Waals surface area contributed by atoms with Crippen molar-refractivity contribution in [3.8, 4) is 0 Å². The number of methoxy groups -OCH3 is 1. The van der Waals surface area contributed by atoms with Gasteiger partial charge in [0.05, 0.1) is 13.4 Å². The molecule has 108 valence electrons. The van der Waals surface area contributed by atoms with Gasteiger partial charge in [-0.3, -0.25) is 0 Å².